The van der Waals surface area contributed by atoms with Gasteiger partial charge in [-0.15, -0.1) is 0 Å². The van der Waals surface area contributed by atoms with E-state index < -0.39 is 17.7 Å². The Morgan fingerprint density at radius 1 is 1.33 bits per heavy atom. The molecule has 1 unspecified atom stereocenters. The van der Waals surface area contributed by atoms with Gasteiger partial charge in [0.05, 0.1) is 20.8 Å². The summed E-state index contributed by atoms with van der Waals surface area (Å²) >= 11 is 0. The highest BCUT2D eigenvalue weighted by Crippen LogP contribution is 2.40. The van der Waals surface area contributed by atoms with E-state index in [-0.39, 0.29) is 29.2 Å². The van der Waals surface area contributed by atoms with E-state index in [0.29, 0.717) is 0 Å². The second kappa shape index (κ2) is 6.76. The third-order valence-electron chi connectivity index (χ3n) is 3.00. The van der Waals surface area contributed by atoms with E-state index in [1.807, 2.05) is 0 Å². The van der Waals surface area contributed by atoms with Gasteiger partial charge in [-0.3, -0.25) is 0 Å². The number of aliphatic hydroxyl groups is 1. The molecule has 0 amide bonds. The van der Waals surface area contributed by atoms with Gasteiger partial charge in [-0.2, -0.15) is 0 Å². The molecule has 1 atom stereocenters. The fourth-order valence-corrected chi connectivity index (χ4v) is 1.89. The zero-order valence-electron chi connectivity index (χ0n) is 12.9. The highest BCUT2D eigenvalue weighted by atomic mass is 19.1. The monoisotopic (exact) mass is 300 g/mol. The predicted octanol–water partition coefficient (Wildman–Crippen LogP) is 2.50. The molecule has 0 bridgehead atoms. The molecule has 0 aliphatic carbocycles. The molecule has 0 spiro atoms. The van der Waals surface area contributed by atoms with E-state index in [2.05, 4.69) is 0 Å². The first-order valence-electron chi connectivity index (χ1n) is 6.56. The van der Waals surface area contributed by atoms with Crippen molar-refractivity contribution >= 4 is 5.97 Å². The Morgan fingerprint density at radius 2 is 1.95 bits per heavy atom. The fraction of sp³-hybridized carbons (Fsp3) is 0.533. The maximum absolute atomic E-state index is 14.2. The summed E-state index contributed by atoms with van der Waals surface area (Å²) in [5.74, 6) is -0.420. The molecule has 0 heterocycles. The van der Waals surface area contributed by atoms with Gasteiger partial charge in [0.15, 0.2) is 17.6 Å². The first-order valence-corrected chi connectivity index (χ1v) is 6.56. The third-order valence-corrected chi connectivity index (χ3v) is 3.00. The van der Waals surface area contributed by atoms with Gasteiger partial charge in [0, 0.05) is 5.56 Å². The van der Waals surface area contributed by atoms with Crippen molar-refractivity contribution in [1.29, 1.82) is 0 Å². The average Bonchev–Trinajstić information content (AvgIpc) is 2.44. The molecule has 0 saturated carbocycles. The Balaban J connectivity index is 3.43. The van der Waals surface area contributed by atoms with Crippen LogP contribution >= 0.6 is 0 Å². The van der Waals surface area contributed by atoms with Gasteiger partial charge >= 0.3 is 5.97 Å². The van der Waals surface area contributed by atoms with Gasteiger partial charge in [-0.05, 0) is 38.5 Å². The molecule has 1 N–H and O–H groups in total. The number of hydrogen-bond acceptors (Lipinski definition) is 5. The van der Waals surface area contributed by atoms with Crippen LogP contribution in [0, 0.1) is 0 Å². The summed E-state index contributed by atoms with van der Waals surface area (Å²) in [6.07, 6.45) is -1.57. The van der Waals surface area contributed by atoms with Crippen LogP contribution in [0.15, 0.2) is 12.1 Å². The van der Waals surface area contributed by atoms with Crippen molar-refractivity contribution in [1.82, 2.24) is 0 Å². The molecule has 0 fully saturated rings. The Hall–Kier alpha value is -1.82. The Labute approximate surface area is 123 Å². The van der Waals surface area contributed by atoms with Gasteiger partial charge in [0.25, 0.3) is 0 Å². The number of carbonyl (C=O) groups excluding carboxylic acids is 1. The topological polar surface area (TPSA) is 65.0 Å². The summed E-state index contributed by atoms with van der Waals surface area (Å²) in [6, 6.07) is 2.85. The standard InChI is InChI=1S/C15H21FO5/c1-6-21-14(18)12(17)10-7-9(15(2,3)16)8-11(19-4)13(10)20-5/h7-8,12,17H,6H2,1-5H3. The van der Waals surface area contributed by atoms with Crippen LogP contribution < -0.4 is 9.47 Å². The first-order chi connectivity index (χ1) is 9.76. The number of halogens is 1. The van der Waals surface area contributed by atoms with E-state index in [9.17, 15) is 14.3 Å². The fourth-order valence-electron chi connectivity index (χ4n) is 1.89. The van der Waals surface area contributed by atoms with Gasteiger partial charge < -0.3 is 19.3 Å². The SMILES string of the molecule is CCOC(=O)C(O)c1cc(C(C)(C)F)cc(OC)c1OC. The van der Waals surface area contributed by atoms with E-state index in [0.717, 1.165) is 0 Å². The van der Waals surface area contributed by atoms with Gasteiger partial charge in [0.2, 0.25) is 0 Å². The Morgan fingerprint density at radius 3 is 2.38 bits per heavy atom. The van der Waals surface area contributed by atoms with Crippen LogP contribution in [0.3, 0.4) is 0 Å². The van der Waals surface area contributed by atoms with Crippen molar-refractivity contribution in [2.24, 2.45) is 0 Å². The minimum Gasteiger partial charge on any atom is -0.493 e. The number of alkyl halides is 1. The van der Waals surface area contributed by atoms with E-state index in [4.69, 9.17) is 14.2 Å². The molecule has 21 heavy (non-hydrogen) atoms. The Bertz CT molecular complexity index is 508. The van der Waals surface area contributed by atoms with Crippen molar-refractivity contribution in [2.75, 3.05) is 20.8 Å². The van der Waals surface area contributed by atoms with Crippen LogP contribution in [0.5, 0.6) is 11.5 Å². The van der Waals surface area contributed by atoms with E-state index in [1.54, 1.807) is 6.92 Å². The summed E-state index contributed by atoms with van der Waals surface area (Å²) in [6.45, 7) is 4.50. The van der Waals surface area contributed by atoms with E-state index >= 15 is 0 Å². The number of methoxy groups -OCH3 is 2. The summed E-state index contributed by atoms with van der Waals surface area (Å²) in [4.78, 5) is 11.7. The second-order valence-corrected chi connectivity index (χ2v) is 4.93. The second-order valence-electron chi connectivity index (χ2n) is 4.93. The molecule has 0 aromatic heterocycles. The summed E-state index contributed by atoms with van der Waals surface area (Å²) in [5, 5.41) is 10.1. The number of aliphatic hydroxyl groups excluding tert-OH is 1. The smallest absolute Gasteiger partial charge is 0.339 e. The summed E-state index contributed by atoms with van der Waals surface area (Å²) in [5.41, 5.74) is -1.29. The lowest BCUT2D eigenvalue weighted by molar-refractivity contribution is -0.153. The minimum absolute atomic E-state index is 0.107. The van der Waals surface area contributed by atoms with Crippen LogP contribution in [-0.2, 0) is 15.2 Å². The van der Waals surface area contributed by atoms with Gasteiger partial charge in [-0.1, -0.05) is 0 Å². The molecule has 118 valence electrons. The maximum Gasteiger partial charge on any atom is 0.339 e. The summed E-state index contributed by atoms with van der Waals surface area (Å²) < 4.78 is 29.3. The number of benzene rings is 1. The Kier molecular flexibility index (Phi) is 5.54. The van der Waals surface area contributed by atoms with Crippen LogP contribution in [0.1, 0.15) is 38.0 Å². The molecular formula is C15H21FO5. The maximum atomic E-state index is 14.2. The molecule has 0 saturated heterocycles. The van der Waals surface area contributed by atoms with Crippen molar-refractivity contribution in [2.45, 2.75) is 32.5 Å². The van der Waals surface area contributed by atoms with Crippen molar-refractivity contribution in [3.8, 4) is 11.5 Å². The molecule has 0 radical (unpaired) electrons. The molecule has 5 nitrogen and oxygen atoms in total. The number of carbonyl (C=O) groups is 1. The molecule has 1 aromatic carbocycles. The number of ether oxygens (including phenoxy) is 3. The molecule has 6 heteroatoms. The number of rotatable bonds is 6. The third kappa shape index (κ3) is 3.85. The quantitative estimate of drug-likeness (QED) is 0.818. The largest absolute Gasteiger partial charge is 0.493 e. The number of hydrogen-bond donors (Lipinski definition) is 1. The molecular weight excluding hydrogens is 279 g/mol. The van der Waals surface area contributed by atoms with Crippen LogP contribution in [0.2, 0.25) is 0 Å². The molecule has 0 aliphatic rings. The van der Waals surface area contributed by atoms with Crippen molar-refractivity contribution in [3.63, 3.8) is 0 Å². The normalized spacial score (nSPS) is 12.7. The van der Waals surface area contributed by atoms with Gasteiger partial charge in [-0.25, -0.2) is 9.18 Å². The minimum atomic E-state index is -1.66. The number of esters is 1. The molecule has 1 rings (SSSR count). The predicted molar refractivity (Wildman–Crippen MR) is 75.3 cm³/mol. The van der Waals surface area contributed by atoms with Crippen molar-refractivity contribution in [3.05, 3.63) is 23.3 Å². The zero-order chi connectivity index (χ0) is 16.2. The van der Waals surface area contributed by atoms with Crippen LogP contribution in [-0.4, -0.2) is 31.9 Å². The molecule has 0 aliphatic heterocycles. The lowest BCUT2D eigenvalue weighted by Gasteiger charge is -2.21. The van der Waals surface area contributed by atoms with Crippen LogP contribution in [0.4, 0.5) is 4.39 Å². The molecule has 1 aromatic rings. The van der Waals surface area contributed by atoms with E-state index in [1.165, 1.54) is 40.2 Å². The van der Waals surface area contributed by atoms with Crippen molar-refractivity contribution < 1.29 is 28.5 Å². The first kappa shape index (κ1) is 17.2. The van der Waals surface area contributed by atoms with Crippen LogP contribution in [0.25, 0.3) is 0 Å². The highest BCUT2D eigenvalue weighted by Gasteiger charge is 2.29. The summed E-state index contributed by atoms with van der Waals surface area (Å²) in [7, 11) is 2.77. The highest BCUT2D eigenvalue weighted by molar-refractivity contribution is 5.78. The lowest BCUT2D eigenvalue weighted by Crippen LogP contribution is -2.18. The lowest BCUT2D eigenvalue weighted by atomic mass is 9.95. The zero-order valence-corrected chi connectivity index (χ0v) is 12.9. The average molecular weight is 300 g/mol. The van der Waals surface area contributed by atoms with Gasteiger partial charge in [0.1, 0.15) is 5.67 Å².